The molecule has 6 heteroatoms. The van der Waals surface area contributed by atoms with Gasteiger partial charge >= 0.3 is 0 Å². The number of thiocarbonyl (C=S) groups is 1. The van der Waals surface area contributed by atoms with Crippen molar-refractivity contribution in [3.05, 3.63) is 39.2 Å². The van der Waals surface area contributed by atoms with Crippen LogP contribution in [0.3, 0.4) is 0 Å². The van der Waals surface area contributed by atoms with Crippen molar-refractivity contribution < 1.29 is 0 Å². The molecule has 0 bridgehead atoms. The number of nitrogens with two attached hydrogens (primary N) is 1. The van der Waals surface area contributed by atoms with E-state index in [9.17, 15) is 0 Å². The molecule has 0 saturated carbocycles. The normalized spacial score (nSPS) is 10.4. The molecule has 0 aliphatic heterocycles. The molecule has 2 aromatic heterocycles. The molecule has 2 rings (SSSR count). The Kier molecular flexibility index (Phi) is 4.44. The van der Waals surface area contributed by atoms with Crippen LogP contribution < -0.4 is 11.1 Å². The van der Waals surface area contributed by atoms with E-state index in [0.717, 1.165) is 29.8 Å². The molecule has 100 valence electrons. The monoisotopic (exact) mass is 292 g/mol. The number of hydrogen-bond acceptors (Lipinski definition) is 5. The lowest BCUT2D eigenvalue weighted by Gasteiger charge is -2.12. The van der Waals surface area contributed by atoms with Crippen molar-refractivity contribution in [3.8, 4) is 0 Å². The second-order valence-electron chi connectivity index (χ2n) is 4.25. The maximum absolute atomic E-state index is 5.78. The van der Waals surface area contributed by atoms with Crippen molar-refractivity contribution in [1.82, 2.24) is 10.2 Å². The predicted octanol–water partition coefficient (Wildman–Crippen LogP) is 2.44. The van der Waals surface area contributed by atoms with Gasteiger partial charge in [-0.3, -0.25) is 0 Å². The van der Waals surface area contributed by atoms with Crippen LogP contribution in [0.2, 0.25) is 0 Å². The molecular formula is C13H16N4S2. The molecule has 3 N–H and O–H groups in total. The van der Waals surface area contributed by atoms with Gasteiger partial charge in [0.2, 0.25) is 0 Å². The quantitative estimate of drug-likeness (QED) is 0.829. The van der Waals surface area contributed by atoms with Crippen LogP contribution in [0.25, 0.3) is 0 Å². The van der Waals surface area contributed by atoms with Crippen LogP contribution in [-0.4, -0.2) is 21.7 Å². The molecule has 0 aliphatic carbocycles. The molecule has 0 atom stereocenters. The van der Waals surface area contributed by atoms with Gasteiger partial charge in [0, 0.05) is 11.4 Å². The lowest BCUT2D eigenvalue weighted by Crippen LogP contribution is -2.19. The van der Waals surface area contributed by atoms with Gasteiger partial charge in [0.1, 0.15) is 4.99 Å². The Labute approximate surface area is 122 Å². The Hall–Kier alpha value is -1.53. The summed E-state index contributed by atoms with van der Waals surface area (Å²) in [6, 6.07) is 4.17. The van der Waals surface area contributed by atoms with Crippen molar-refractivity contribution >= 4 is 34.4 Å². The van der Waals surface area contributed by atoms with Crippen LogP contribution in [0.4, 0.5) is 5.82 Å². The highest BCUT2D eigenvalue weighted by molar-refractivity contribution is 7.80. The highest BCUT2D eigenvalue weighted by Crippen LogP contribution is 2.18. The summed E-state index contributed by atoms with van der Waals surface area (Å²) in [6.45, 7) is 4.65. The molecule has 2 aromatic rings. The number of anilines is 1. The maximum Gasteiger partial charge on any atom is 0.159 e. The van der Waals surface area contributed by atoms with E-state index < -0.39 is 0 Å². The summed E-state index contributed by atoms with van der Waals surface area (Å²) in [4.78, 5) is 1.69. The second kappa shape index (κ2) is 6.08. The van der Waals surface area contributed by atoms with Crippen molar-refractivity contribution in [3.63, 3.8) is 0 Å². The van der Waals surface area contributed by atoms with Crippen molar-refractivity contribution in [2.75, 3.05) is 11.9 Å². The van der Waals surface area contributed by atoms with Gasteiger partial charge in [-0.15, -0.1) is 16.4 Å². The van der Waals surface area contributed by atoms with Gasteiger partial charge in [0.15, 0.2) is 5.82 Å². The van der Waals surface area contributed by atoms with Gasteiger partial charge in [0.05, 0.1) is 11.3 Å². The zero-order chi connectivity index (χ0) is 13.8. The second-order valence-corrected chi connectivity index (χ2v) is 5.73. The fourth-order valence-corrected chi connectivity index (χ4v) is 2.75. The third-order valence-corrected chi connectivity index (χ3v) is 4.09. The Morgan fingerprint density at radius 1 is 1.42 bits per heavy atom. The molecule has 0 saturated heterocycles. The molecule has 0 fully saturated rings. The minimum atomic E-state index is 0.356. The summed E-state index contributed by atoms with van der Waals surface area (Å²) < 4.78 is 0. The zero-order valence-electron chi connectivity index (χ0n) is 10.9. The largest absolute Gasteiger partial charge is 0.389 e. The van der Waals surface area contributed by atoms with Crippen LogP contribution in [0.15, 0.2) is 17.5 Å². The Morgan fingerprint density at radius 3 is 2.84 bits per heavy atom. The number of nitrogens with one attached hydrogen (secondary N) is 1. The average Bonchev–Trinajstić information content (AvgIpc) is 2.86. The summed E-state index contributed by atoms with van der Waals surface area (Å²) in [5.74, 6) is 0.673. The summed E-state index contributed by atoms with van der Waals surface area (Å²) in [5.41, 5.74) is 8.42. The van der Waals surface area contributed by atoms with Gasteiger partial charge in [-0.05, 0) is 37.3 Å². The molecule has 0 amide bonds. The number of aryl methyl sites for hydroxylation is 1. The predicted molar refractivity (Wildman–Crippen MR) is 83.9 cm³/mol. The first-order valence-corrected chi connectivity index (χ1v) is 7.28. The summed E-state index contributed by atoms with van der Waals surface area (Å²) in [6.07, 6.45) is 0.947. The number of thiophene rings is 1. The summed E-state index contributed by atoms with van der Waals surface area (Å²) in [7, 11) is 0. The van der Waals surface area contributed by atoms with E-state index in [1.54, 1.807) is 11.3 Å². The first-order valence-electron chi connectivity index (χ1n) is 5.99. The Morgan fingerprint density at radius 2 is 2.21 bits per heavy atom. The number of nitrogens with zero attached hydrogens (tertiary/aromatic N) is 2. The van der Waals surface area contributed by atoms with E-state index in [2.05, 4.69) is 33.0 Å². The first-order chi connectivity index (χ1) is 9.09. The van der Waals surface area contributed by atoms with E-state index in [0.29, 0.717) is 10.8 Å². The summed E-state index contributed by atoms with van der Waals surface area (Å²) in [5, 5.41) is 13.6. The highest BCUT2D eigenvalue weighted by atomic mass is 32.1. The van der Waals surface area contributed by atoms with E-state index in [-0.39, 0.29) is 0 Å². The zero-order valence-corrected chi connectivity index (χ0v) is 12.6. The SMILES string of the molecule is Cc1nnc(NCCc2cccs2)c(C(N)=S)c1C. The lowest BCUT2D eigenvalue weighted by molar-refractivity contribution is 0.934. The molecule has 2 heterocycles. The van der Waals surface area contributed by atoms with Gasteiger partial charge in [0.25, 0.3) is 0 Å². The summed E-state index contributed by atoms with van der Waals surface area (Å²) >= 11 is 6.85. The minimum absolute atomic E-state index is 0.356. The standard InChI is InChI=1S/C13H16N4S2/c1-8-9(2)16-17-13(11(8)12(14)18)15-6-5-10-4-3-7-19-10/h3-4,7H,5-6H2,1-2H3,(H2,14,18)(H,15,17). The molecule has 0 aliphatic rings. The first kappa shape index (κ1) is 13.9. The van der Waals surface area contributed by atoms with Crippen molar-refractivity contribution in [1.29, 1.82) is 0 Å². The van der Waals surface area contributed by atoms with E-state index >= 15 is 0 Å². The van der Waals surface area contributed by atoms with E-state index in [1.165, 1.54) is 4.88 Å². The third-order valence-electron chi connectivity index (χ3n) is 2.94. The third kappa shape index (κ3) is 3.27. The van der Waals surface area contributed by atoms with Gasteiger partial charge in [-0.25, -0.2) is 0 Å². The van der Waals surface area contributed by atoms with Gasteiger partial charge in [-0.1, -0.05) is 18.3 Å². The van der Waals surface area contributed by atoms with Crippen molar-refractivity contribution in [2.24, 2.45) is 5.73 Å². The Bertz CT molecular complexity index is 579. The molecule has 0 radical (unpaired) electrons. The molecular weight excluding hydrogens is 276 g/mol. The van der Waals surface area contributed by atoms with Crippen molar-refractivity contribution in [2.45, 2.75) is 20.3 Å². The van der Waals surface area contributed by atoms with Crippen LogP contribution in [0, 0.1) is 13.8 Å². The highest BCUT2D eigenvalue weighted by Gasteiger charge is 2.13. The van der Waals surface area contributed by atoms with E-state index in [1.807, 2.05) is 13.8 Å². The molecule has 4 nitrogen and oxygen atoms in total. The fourth-order valence-electron chi connectivity index (χ4n) is 1.79. The van der Waals surface area contributed by atoms with E-state index in [4.69, 9.17) is 18.0 Å². The van der Waals surface area contributed by atoms with Crippen LogP contribution in [0.1, 0.15) is 21.7 Å². The van der Waals surface area contributed by atoms with Crippen LogP contribution in [-0.2, 0) is 6.42 Å². The van der Waals surface area contributed by atoms with Gasteiger partial charge in [-0.2, -0.15) is 5.10 Å². The molecule has 0 unspecified atom stereocenters. The van der Waals surface area contributed by atoms with Crippen LogP contribution >= 0.6 is 23.6 Å². The lowest BCUT2D eigenvalue weighted by atomic mass is 10.1. The molecule has 19 heavy (non-hydrogen) atoms. The van der Waals surface area contributed by atoms with Crippen LogP contribution in [0.5, 0.6) is 0 Å². The topological polar surface area (TPSA) is 63.8 Å². The number of aromatic nitrogens is 2. The minimum Gasteiger partial charge on any atom is -0.389 e. The molecule has 0 spiro atoms. The number of hydrogen-bond donors (Lipinski definition) is 2. The fraction of sp³-hybridized carbons (Fsp3) is 0.308. The smallest absolute Gasteiger partial charge is 0.159 e. The maximum atomic E-state index is 5.78. The van der Waals surface area contributed by atoms with Gasteiger partial charge < -0.3 is 11.1 Å². The molecule has 0 aromatic carbocycles. The average molecular weight is 292 g/mol. The number of rotatable bonds is 5. The Balaban J connectivity index is 2.11.